The van der Waals surface area contributed by atoms with Crippen molar-refractivity contribution >= 4 is 15.9 Å². The summed E-state index contributed by atoms with van der Waals surface area (Å²) in [6, 6.07) is 10.3. The Morgan fingerprint density at radius 1 is 1.13 bits per heavy atom. The number of benzene rings is 1. The molecule has 2 aliphatic rings. The molecule has 5 nitrogen and oxygen atoms in total. The number of likely N-dealkylation sites (tertiary alicyclic amines) is 1. The summed E-state index contributed by atoms with van der Waals surface area (Å²) >= 11 is 0. The van der Waals surface area contributed by atoms with Crippen LogP contribution in [0.25, 0.3) is 0 Å². The van der Waals surface area contributed by atoms with Gasteiger partial charge in [0.05, 0.1) is 11.5 Å². The highest BCUT2D eigenvalue weighted by atomic mass is 32.2. The van der Waals surface area contributed by atoms with E-state index in [1.165, 1.54) is 5.56 Å². The molecule has 0 aliphatic carbocycles. The number of amides is 2. The fraction of sp³-hybridized carbons (Fsp3) is 0.588. The molecule has 2 fully saturated rings. The van der Waals surface area contributed by atoms with E-state index in [0.29, 0.717) is 25.3 Å². The van der Waals surface area contributed by atoms with E-state index in [-0.39, 0.29) is 23.5 Å². The van der Waals surface area contributed by atoms with Gasteiger partial charge in [0.2, 0.25) is 0 Å². The summed E-state index contributed by atoms with van der Waals surface area (Å²) in [6.07, 6.45) is 2.32. The molecule has 2 amide bonds. The first-order valence-corrected chi connectivity index (χ1v) is 10.1. The Morgan fingerprint density at radius 2 is 1.83 bits per heavy atom. The fourth-order valence-electron chi connectivity index (χ4n) is 3.43. The molecule has 23 heavy (non-hydrogen) atoms. The van der Waals surface area contributed by atoms with Gasteiger partial charge in [0.15, 0.2) is 0 Å². The highest BCUT2D eigenvalue weighted by Crippen LogP contribution is 2.27. The van der Waals surface area contributed by atoms with Crippen LogP contribution in [0.5, 0.6) is 0 Å². The minimum Gasteiger partial charge on any atom is -0.338 e. The van der Waals surface area contributed by atoms with Crippen molar-refractivity contribution in [3.8, 4) is 0 Å². The van der Waals surface area contributed by atoms with E-state index in [9.17, 15) is 13.2 Å². The Kier molecular flexibility index (Phi) is 4.90. The summed E-state index contributed by atoms with van der Waals surface area (Å²) in [5.74, 6) is 1.22. The molecule has 2 saturated heterocycles. The highest BCUT2D eigenvalue weighted by Gasteiger charge is 2.28. The van der Waals surface area contributed by atoms with Gasteiger partial charge in [-0.1, -0.05) is 30.3 Å². The molecule has 0 radical (unpaired) electrons. The van der Waals surface area contributed by atoms with E-state index in [1.54, 1.807) is 0 Å². The van der Waals surface area contributed by atoms with Crippen LogP contribution >= 0.6 is 0 Å². The molecule has 1 atom stereocenters. The molecular weight excluding hydrogens is 312 g/mol. The summed E-state index contributed by atoms with van der Waals surface area (Å²) in [5.41, 5.74) is 1.29. The number of sulfone groups is 1. The van der Waals surface area contributed by atoms with Crippen molar-refractivity contribution in [3.05, 3.63) is 35.9 Å². The SMILES string of the molecule is O=C(NCC1CCS(=O)(=O)CC1)N1CC[C@H](c2ccccc2)C1. The molecule has 1 N–H and O–H groups in total. The minimum atomic E-state index is -2.83. The summed E-state index contributed by atoms with van der Waals surface area (Å²) in [7, 11) is -2.83. The van der Waals surface area contributed by atoms with Gasteiger partial charge in [0, 0.05) is 25.6 Å². The van der Waals surface area contributed by atoms with Crippen LogP contribution in [0.4, 0.5) is 4.79 Å². The molecule has 1 aromatic rings. The van der Waals surface area contributed by atoms with Gasteiger partial charge < -0.3 is 10.2 Å². The van der Waals surface area contributed by atoms with Gasteiger partial charge in [0.1, 0.15) is 9.84 Å². The molecule has 1 aromatic carbocycles. The number of urea groups is 1. The van der Waals surface area contributed by atoms with E-state index >= 15 is 0 Å². The Morgan fingerprint density at radius 3 is 2.52 bits per heavy atom. The monoisotopic (exact) mass is 336 g/mol. The zero-order chi connectivity index (χ0) is 16.3. The van der Waals surface area contributed by atoms with Crippen molar-refractivity contribution in [3.63, 3.8) is 0 Å². The second-order valence-electron chi connectivity index (χ2n) is 6.62. The number of carbonyl (C=O) groups is 1. The molecule has 2 heterocycles. The Balaban J connectivity index is 1.45. The van der Waals surface area contributed by atoms with Crippen molar-refractivity contribution in [1.29, 1.82) is 0 Å². The van der Waals surface area contributed by atoms with E-state index < -0.39 is 9.84 Å². The number of nitrogens with one attached hydrogen (secondary N) is 1. The molecule has 126 valence electrons. The van der Waals surface area contributed by atoms with Crippen molar-refractivity contribution in [2.75, 3.05) is 31.1 Å². The molecule has 6 heteroatoms. The van der Waals surface area contributed by atoms with Crippen LogP contribution in [0.2, 0.25) is 0 Å². The van der Waals surface area contributed by atoms with Gasteiger partial charge in [-0.2, -0.15) is 0 Å². The lowest BCUT2D eigenvalue weighted by Gasteiger charge is -2.24. The van der Waals surface area contributed by atoms with Gasteiger partial charge in [-0.25, -0.2) is 13.2 Å². The van der Waals surface area contributed by atoms with E-state index in [0.717, 1.165) is 19.5 Å². The standard InChI is InChI=1S/C17H24N2O3S/c20-17(18-12-14-7-10-23(21,22)11-8-14)19-9-6-16(13-19)15-4-2-1-3-5-15/h1-5,14,16H,6-13H2,(H,18,20)/t16-/m0/s1. The third-order valence-electron chi connectivity index (χ3n) is 4.96. The zero-order valence-electron chi connectivity index (χ0n) is 13.3. The number of hydrogen-bond donors (Lipinski definition) is 1. The summed E-state index contributed by atoms with van der Waals surface area (Å²) in [6.45, 7) is 2.13. The maximum Gasteiger partial charge on any atom is 0.317 e. The van der Waals surface area contributed by atoms with Crippen LogP contribution in [0.3, 0.4) is 0 Å². The van der Waals surface area contributed by atoms with Gasteiger partial charge in [-0.3, -0.25) is 0 Å². The maximum atomic E-state index is 12.3. The molecule has 0 unspecified atom stereocenters. The summed E-state index contributed by atoms with van der Waals surface area (Å²) in [5, 5.41) is 2.99. The van der Waals surface area contributed by atoms with Gasteiger partial charge in [-0.05, 0) is 30.7 Å². The van der Waals surface area contributed by atoms with E-state index in [4.69, 9.17) is 0 Å². The first-order chi connectivity index (χ1) is 11.0. The summed E-state index contributed by atoms with van der Waals surface area (Å²) < 4.78 is 22.8. The van der Waals surface area contributed by atoms with Crippen LogP contribution in [0, 0.1) is 5.92 Å². The van der Waals surface area contributed by atoms with Crippen LogP contribution in [0.1, 0.15) is 30.7 Å². The molecule has 2 aliphatic heterocycles. The third-order valence-corrected chi connectivity index (χ3v) is 6.68. The fourth-order valence-corrected chi connectivity index (χ4v) is 5.02. The average Bonchev–Trinajstić information content (AvgIpc) is 3.04. The maximum absolute atomic E-state index is 12.3. The Bertz CT molecular complexity index is 631. The third kappa shape index (κ3) is 4.25. The lowest BCUT2D eigenvalue weighted by atomic mass is 9.99. The number of carbonyl (C=O) groups excluding carboxylic acids is 1. The van der Waals surface area contributed by atoms with Crippen LogP contribution in [-0.2, 0) is 9.84 Å². The molecule has 0 saturated carbocycles. The lowest BCUT2D eigenvalue weighted by molar-refractivity contribution is 0.205. The Hall–Kier alpha value is -1.56. The first-order valence-electron chi connectivity index (χ1n) is 8.32. The first kappa shape index (κ1) is 16.3. The Labute approximate surface area is 138 Å². The van der Waals surface area contributed by atoms with Crippen LogP contribution < -0.4 is 5.32 Å². The van der Waals surface area contributed by atoms with Crippen LogP contribution in [0.15, 0.2) is 30.3 Å². The van der Waals surface area contributed by atoms with E-state index in [1.807, 2.05) is 23.1 Å². The number of nitrogens with zero attached hydrogens (tertiary/aromatic N) is 1. The topological polar surface area (TPSA) is 66.5 Å². The molecule has 0 spiro atoms. The minimum absolute atomic E-state index is 0.0168. The number of hydrogen-bond acceptors (Lipinski definition) is 3. The van der Waals surface area contributed by atoms with Crippen molar-refractivity contribution < 1.29 is 13.2 Å². The molecular formula is C17H24N2O3S. The number of rotatable bonds is 3. The molecule has 0 bridgehead atoms. The van der Waals surface area contributed by atoms with Crippen molar-refractivity contribution in [1.82, 2.24) is 10.2 Å². The zero-order valence-corrected chi connectivity index (χ0v) is 14.1. The van der Waals surface area contributed by atoms with Gasteiger partial charge >= 0.3 is 6.03 Å². The predicted octanol–water partition coefficient (Wildman–Crippen LogP) is 2.01. The summed E-state index contributed by atoms with van der Waals surface area (Å²) in [4.78, 5) is 14.2. The quantitative estimate of drug-likeness (QED) is 0.918. The smallest absolute Gasteiger partial charge is 0.317 e. The van der Waals surface area contributed by atoms with Crippen molar-refractivity contribution in [2.24, 2.45) is 5.92 Å². The molecule has 3 rings (SSSR count). The van der Waals surface area contributed by atoms with Gasteiger partial charge in [0.25, 0.3) is 0 Å². The average molecular weight is 336 g/mol. The largest absolute Gasteiger partial charge is 0.338 e. The van der Waals surface area contributed by atoms with Gasteiger partial charge in [-0.15, -0.1) is 0 Å². The highest BCUT2D eigenvalue weighted by molar-refractivity contribution is 7.91. The normalized spacial score (nSPS) is 24.5. The van der Waals surface area contributed by atoms with E-state index in [2.05, 4.69) is 17.4 Å². The van der Waals surface area contributed by atoms with Crippen molar-refractivity contribution in [2.45, 2.75) is 25.2 Å². The molecule has 0 aromatic heterocycles. The van der Waals surface area contributed by atoms with Crippen LogP contribution in [-0.4, -0.2) is 50.5 Å². The lowest BCUT2D eigenvalue weighted by Crippen LogP contribution is -2.41. The second kappa shape index (κ2) is 6.91. The predicted molar refractivity (Wildman–Crippen MR) is 90.1 cm³/mol. The second-order valence-corrected chi connectivity index (χ2v) is 8.93.